The molecule has 0 aliphatic rings. The van der Waals surface area contributed by atoms with Gasteiger partial charge in [0.25, 0.3) is 0 Å². The zero-order valence-electron chi connectivity index (χ0n) is 20.8. The average molecular weight is 466 g/mol. The number of quaternary nitrogens is 1. The second kappa shape index (κ2) is 14.5. The molecule has 2 aromatic carbocycles. The fourth-order valence-electron chi connectivity index (χ4n) is 4.61. The van der Waals surface area contributed by atoms with Crippen molar-refractivity contribution in [3.63, 3.8) is 0 Å². The largest absolute Gasteiger partial charge is 1.00 e. The van der Waals surface area contributed by atoms with Gasteiger partial charge in [0.05, 0.1) is 27.3 Å². The van der Waals surface area contributed by atoms with Gasteiger partial charge in [-0.3, -0.25) is 0 Å². The minimum Gasteiger partial charge on any atom is -1.00 e. The molecule has 32 heavy (non-hydrogen) atoms. The Morgan fingerprint density at radius 3 is 1.75 bits per heavy atom. The van der Waals surface area contributed by atoms with E-state index in [1.807, 2.05) is 30.3 Å². The van der Waals surface area contributed by atoms with Gasteiger partial charge < -0.3 is 31.8 Å². The lowest BCUT2D eigenvalue weighted by atomic mass is 9.74. The van der Waals surface area contributed by atoms with Crippen LogP contribution in [0.2, 0.25) is 0 Å². The summed E-state index contributed by atoms with van der Waals surface area (Å²) in [6.07, 6.45) is 2.33. The van der Waals surface area contributed by atoms with Gasteiger partial charge in [-0.15, -0.1) is 0 Å². The Kier molecular flexibility index (Phi) is 13.8. The van der Waals surface area contributed by atoms with Crippen molar-refractivity contribution in [1.29, 1.82) is 0 Å². The third-order valence-electron chi connectivity index (χ3n) is 6.00. The van der Waals surface area contributed by atoms with Gasteiger partial charge in [-0.05, 0) is 24.0 Å². The lowest BCUT2D eigenvalue weighted by molar-refractivity contribution is -0.952. The van der Waals surface area contributed by atoms with Crippen molar-refractivity contribution in [1.82, 2.24) is 0 Å². The molecular formula is C27H44ClNO3. The van der Waals surface area contributed by atoms with E-state index in [9.17, 15) is 0 Å². The van der Waals surface area contributed by atoms with Crippen LogP contribution in [-0.2, 0) is 10.3 Å². The summed E-state index contributed by atoms with van der Waals surface area (Å²) in [7, 11) is 4.75. The summed E-state index contributed by atoms with van der Waals surface area (Å²) in [6.45, 7) is 12.3. The highest BCUT2D eigenvalue weighted by molar-refractivity contribution is 5.23. The Bertz CT molecular complexity index is 710. The molecule has 2 aromatic rings. The fraction of sp³-hybridized carbons (Fsp3) is 0.556. The highest BCUT2D eigenvalue weighted by Gasteiger charge is 2.47. The number of halogens is 1. The van der Waals surface area contributed by atoms with E-state index in [0.29, 0.717) is 25.0 Å². The Morgan fingerprint density at radius 2 is 1.25 bits per heavy atom. The van der Waals surface area contributed by atoms with Gasteiger partial charge in [0.2, 0.25) is 0 Å². The topological polar surface area (TPSA) is 50.0 Å². The van der Waals surface area contributed by atoms with Crippen LogP contribution in [0.15, 0.2) is 60.7 Å². The van der Waals surface area contributed by atoms with E-state index >= 15 is 0 Å². The first kappa shape index (κ1) is 30.4. The average Bonchev–Trinajstić information content (AvgIpc) is 2.70. The summed E-state index contributed by atoms with van der Waals surface area (Å²) in [4.78, 5) is 0. The maximum Gasteiger partial charge on any atom is 0.125 e. The van der Waals surface area contributed by atoms with Crippen molar-refractivity contribution in [2.45, 2.75) is 46.1 Å². The third-order valence-corrected chi connectivity index (χ3v) is 6.00. The summed E-state index contributed by atoms with van der Waals surface area (Å²) in [5, 5.41) is 0. The van der Waals surface area contributed by atoms with Gasteiger partial charge in [0, 0.05) is 18.4 Å². The van der Waals surface area contributed by atoms with Crippen molar-refractivity contribution < 1.29 is 31.8 Å². The van der Waals surface area contributed by atoms with Gasteiger partial charge in [0.1, 0.15) is 24.4 Å². The molecule has 5 heteroatoms. The Hall–Kier alpha value is -1.59. The van der Waals surface area contributed by atoms with Crippen molar-refractivity contribution in [2.24, 2.45) is 11.8 Å². The molecule has 4 nitrogen and oxygen atoms in total. The zero-order chi connectivity index (χ0) is 22.0. The van der Waals surface area contributed by atoms with Crippen LogP contribution in [-0.4, -0.2) is 50.4 Å². The van der Waals surface area contributed by atoms with E-state index in [2.05, 4.69) is 72.1 Å². The first-order chi connectivity index (χ1) is 14.3. The third kappa shape index (κ3) is 8.74. The number of rotatable bonds is 13. The number of ether oxygens (including phenoxy) is 2. The van der Waals surface area contributed by atoms with Crippen molar-refractivity contribution in [3.8, 4) is 5.75 Å². The second-order valence-electron chi connectivity index (χ2n) is 9.78. The van der Waals surface area contributed by atoms with E-state index in [-0.39, 0.29) is 23.4 Å². The lowest BCUT2D eigenvalue weighted by Crippen LogP contribution is -3.00. The van der Waals surface area contributed by atoms with Crippen molar-refractivity contribution >= 4 is 0 Å². The number of hydrogen-bond acceptors (Lipinski definition) is 2. The van der Waals surface area contributed by atoms with Gasteiger partial charge in [-0.25, -0.2) is 0 Å². The molecule has 0 atom stereocenters. The monoisotopic (exact) mass is 465 g/mol. The van der Waals surface area contributed by atoms with Crippen LogP contribution in [0.4, 0.5) is 0 Å². The maximum absolute atomic E-state index is 5.99. The molecule has 0 fully saturated rings. The summed E-state index contributed by atoms with van der Waals surface area (Å²) < 4.78 is 12.7. The van der Waals surface area contributed by atoms with Gasteiger partial charge >= 0.3 is 0 Å². The molecule has 0 bridgehead atoms. The predicted molar refractivity (Wildman–Crippen MR) is 130 cm³/mol. The van der Waals surface area contributed by atoms with Crippen LogP contribution in [0, 0.1) is 11.8 Å². The molecule has 0 unspecified atom stereocenters. The highest BCUT2D eigenvalue weighted by Crippen LogP contribution is 2.43. The molecule has 0 radical (unpaired) electrons. The quantitative estimate of drug-likeness (QED) is 0.336. The fourth-order valence-corrected chi connectivity index (χ4v) is 4.61. The normalized spacial score (nSPS) is 11.8. The molecule has 2 N–H and O–H groups in total. The van der Waals surface area contributed by atoms with E-state index in [0.717, 1.165) is 23.4 Å². The molecule has 0 aliphatic heterocycles. The standard InChI is InChI=1S/C27H42NO2.ClH.H2O/c1-23(2)21-27(22-24(3)4,25-13-9-7-10-14-25)28(5,6)17-18-29-19-20-30-26-15-11-8-12-16-26;;/h7-16,23-24H,17-22H2,1-6H3;1H;1H2/q+1;;/p-1. The summed E-state index contributed by atoms with van der Waals surface area (Å²) in [5.41, 5.74) is 1.53. The molecule has 0 saturated heterocycles. The Morgan fingerprint density at radius 1 is 0.750 bits per heavy atom. The molecule has 0 aliphatic carbocycles. The van der Waals surface area contributed by atoms with Gasteiger partial charge in [-0.1, -0.05) is 76.2 Å². The minimum absolute atomic E-state index is 0. The smallest absolute Gasteiger partial charge is 0.125 e. The summed E-state index contributed by atoms with van der Waals surface area (Å²) >= 11 is 0. The molecule has 2 rings (SSSR count). The minimum atomic E-state index is 0. The second-order valence-corrected chi connectivity index (χ2v) is 9.78. The molecule has 0 spiro atoms. The maximum atomic E-state index is 5.99. The summed E-state index contributed by atoms with van der Waals surface area (Å²) in [5.74, 6) is 2.15. The molecule has 0 amide bonds. The summed E-state index contributed by atoms with van der Waals surface area (Å²) in [6, 6.07) is 21.1. The highest BCUT2D eigenvalue weighted by atomic mass is 35.5. The molecule has 0 saturated carbocycles. The predicted octanol–water partition coefficient (Wildman–Crippen LogP) is 2.33. The number of nitrogens with zero attached hydrogens (tertiary/aromatic N) is 1. The number of para-hydroxylation sites is 1. The van der Waals surface area contributed by atoms with Crippen LogP contribution in [0.25, 0.3) is 0 Å². The molecule has 0 heterocycles. The molecule has 0 aromatic heterocycles. The SMILES string of the molecule is CC(C)CC(CC(C)C)(c1ccccc1)[N+](C)(C)CCOCCOc1ccccc1.O.[Cl-]. The van der Waals surface area contributed by atoms with Crippen molar-refractivity contribution in [3.05, 3.63) is 66.2 Å². The van der Waals surface area contributed by atoms with E-state index in [4.69, 9.17) is 9.47 Å². The van der Waals surface area contributed by atoms with Crippen molar-refractivity contribution in [2.75, 3.05) is 40.5 Å². The van der Waals surface area contributed by atoms with Crippen LogP contribution < -0.4 is 17.1 Å². The zero-order valence-corrected chi connectivity index (χ0v) is 21.6. The van der Waals surface area contributed by atoms with Crippen LogP contribution in [0.3, 0.4) is 0 Å². The first-order valence-corrected chi connectivity index (χ1v) is 11.4. The first-order valence-electron chi connectivity index (χ1n) is 11.4. The van der Waals surface area contributed by atoms with Crippen LogP contribution >= 0.6 is 0 Å². The van der Waals surface area contributed by atoms with E-state index in [1.165, 1.54) is 18.4 Å². The number of likely N-dealkylation sites (N-methyl/N-ethyl adjacent to an activating group) is 1. The van der Waals surface area contributed by atoms with Gasteiger partial charge in [-0.2, -0.15) is 0 Å². The van der Waals surface area contributed by atoms with E-state index in [1.54, 1.807) is 0 Å². The molecule has 182 valence electrons. The van der Waals surface area contributed by atoms with Crippen LogP contribution in [0.1, 0.15) is 46.1 Å². The van der Waals surface area contributed by atoms with Crippen LogP contribution in [0.5, 0.6) is 5.75 Å². The Labute approximate surface area is 202 Å². The Balaban J connectivity index is 0.00000480. The number of hydrogen-bond donors (Lipinski definition) is 0. The lowest BCUT2D eigenvalue weighted by Gasteiger charge is -2.51. The number of benzene rings is 2. The van der Waals surface area contributed by atoms with E-state index < -0.39 is 0 Å². The van der Waals surface area contributed by atoms with Gasteiger partial charge in [0.15, 0.2) is 0 Å². The molecular weight excluding hydrogens is 422 g/mol.